The van der Waals surface area contributed by atoms with E-state index in [0.29, 0.717) is 12.1 Å². The number of carbonyl (C=O) groups is 2. The van der Waals surface area contributed by atoms with Gasteiger partial charge < -0.3 is 15.0 Å². The molecule has 3 aliphatic rings. The summed E-state index contributed by atoms with van der Waals surface area (Å²) >= 11 is 0. The molecule has 2 aromatic carbocycles. The maximum atomic E-state index is 13.5. The van der Waals surface area contributed by atoms with Gasteiger partial charge in [0.15, 0.2) is 0 Å². The van der Waals surface area contributed by atoms with Crippen LogP contribution < -0.4 is 10.2 Å². The molecule has 0 unspecified atom stereocenters. The first-order valence-electron chi connectivity index (χ1n) is 9.88. The largest absolute Gasteiger partial charge is 0.381 e. The fourth-order valence-corrected chi connectivity index (χ4v) is 4.88. The van der Waals surface area contributed by atoms with Crippen molar-refractivity contribution in [2.45, 2.75) is 37.5 Å². The van der Waals surface area contributed by atoms with Gasteiger partial charge in [0.2, 0.25) is 5.91 Å². The molecule has 0 aromatic heterocycles. The number of hydrogen-bond acceptors (Lipinski definition) is 3. The molecule has 2 aromatic rings. The Kier molecular flexibility index (Phi) is 3.68. The summed E-state index contributed by atoms with van der Waals surface area (Å²) in [6.07, 6.45) is 1.87. The Balaban J connectivity index is 1.52. The zero-order chi connectivity index (χ0) is 19.5. The van der Waals surface area contributed by atoms with E-state index in [1.54, 1.807) is 0 Å². The molecule has 0 saturated carbocycles. The van der Waals surface area contributed by atoms with Crippen LogP contribution in [0, 0.1) is 0 Å². The van der Waals surface area contributed by atoms with Crippen molar-refractivity contribution in [1.29, 1.82) is 0 Å². The third-order valence-electron chi connectivity index (χ3n) is 6.68. The van der Waals surface area contributed by atoms with Gasteiger partial charge in [0.25, 0.3) is 5.91 Å². The second-order valence-electron chi connectivity index (χ2n) is 8.64. The molecule has 5 heteroatoms. The molecule has 0 bridgehead atoms. The van der Waals surface area contributed by atoms with Crippen molar-refractivity contribution in [2.75, 3.05) is 30.0 Å². The van der Waals surface area contributed by atoms with Gasteiger partial charge >= 0.3 is 0 Å². The second-order valence-corrected chi connectivity index (χ2v) is 8.64. The highest BCUT2D eigenvalue weighted by Gasteiger charge is 2.46. The highest BCUT2D eigenvalue weighted by atomic mass is 16.5. The number of anilines is 2. The Labute approximate surface area is 164 Å². The zero-order valence-corrected chi connectivity index (χ0v) is 16.2. The molecule has 144 valence electrons. The first kappa shape index (κ1) is 17.4. The van der Waals surface area contributed by atoms with Crippen LogP contribution in [0.5, 0.6) is 0 Å². The van der Waals surface area contributed by atoms with Gasteiger partial charge in [-0.2, -0.15) is 0 Å². The second kappa shape index (κ2) is 5.92. The molecule has 0 aliphatic carbocycles. The first-order valence-corrected chi connectivity index (χ1v) is 9.88. The monoisotopic (exact) mass is 376 g/mol. The smallest absolute Gasteiger partial charge is 0.258 e. The molecule has 5 rings (SSSR count). The summed E-state index contributed by atoms with van der Waals surface area (Å²) in [7, 11) is 0. The van der Waals surface area contributed by atoms with Gasteiger partial charge in [-0.1, -0.05) is 24.3 Å². The lowest BCUT2D eigenvalue weighted by molar-refractivity contribution is -0.119. The maximum absolute atomic E-state index is 13.5. The van der Waals surface area contributed by atoms with E-state index in [4.69, 9.17) is 4.74 Å². The average molecular weight is 376 g/mol. The number of rotatable bonds is 1. The van der Waals surface area contributed by atoms with Gasteiger partial charge in [0, 0.05) is 42.1 Å². The molecular formula is C23H24N2O3. The summed E-state index contributed by atoms with van der Waals surface area (Å²) in [4.78, 5) is 27.6. The quantitative estimate of drug-likeness (QED) is 0.827. The number of para-hydroxylation sites is 1. The van der Waals surface area contributed by atoms with Crippen molar-refractivity contribution >= 4 is 23.2 Å². The fraction of sp³-hybridized carbons (Fsp3) is 0.391. The van der Waals surface area contributed by atoms with Crippen molar-refractivity contribution in [1.82, 2.24) is 0 Å². The van der Waals surface area contributed by atoms with Crippen LogP contribution in [0.2, 0.25) is 0 Å². The summed E-state index contributed by atoms with van der Waals surface area (Å²) in [6.45, 7) is 5.96. The van der Waals surface area contributed by atoms with Gasteiger partial charge in [-0.25, -0.2) is 0 Å². The molecule has 2 amide bonds. The van der Waals surface area contributed by atoms with Gasteiger partial charge in [-0.3, -0.25) is 9.59 Å². The van der Waals surface area contributed by atoms with Gasteiger partial charge in [0.05, 0.1) is 5.41 Å². The molecule has 0 atom stereocenters. The number of ether oxygens (including phenoxy) is 1. The summed E-state index contributed by atoms with van der Waals surface area (Å²) in [5, 5.41) is 2.92. The van der Waals surface area contributed by atoms with Crippen LogP contribution in [0.4, 0.5) is 11.4 Å². The molecule has 1 spiro atoms. The first-order chi connectivity index (χ1) is 13.4. The molecular weight excluding hydrogens is 352 g/mol. The Morgan fingerprint density at radius 2 is 1.82 bits per heavy atom. The topological polar surface area (TPSA) is 58.6 Å². The maximum Gasteiger partial charge on any atom is 0.258 e. The van der Waals surface area contributed by atoms with E-state index < -0.39 is 5.41 Å². The minimum atomic E-state index is -0.566. The molecule has 3 heterocycles. The third kappa shape index (κ3) is 2.35. The number of carbonyl (C=O) groups excluding carboxylic acids is 2. The number of amides is 2. The van der Waals surface area contributed by atoms with Gasteiger partial charge in [-0.05, 0) is 56.0 Å². The number of nitrogens with zero attached hydrogens (tertiary/aromatic N) is 1. The average Bonchev–Trinajstić information content (AvgIpc) is 3.13. The molecule has 1 fully saturated rings. The normalized spacial score (nSPS) is 21.4. The van der Waals surface area contributed by atoms with Crippen LogP contribution in [0.25, 0.3) is 0 Å². The van der Waals surface area contributed by atoms with E-state index in [0.717, 1.165) is 43.0 Å². The molecule has 1 N–H and O–H groups in total. The minimum absolute atomic E-state index is 0.0161. The van der Waals surface area contributed by atoms with E-state index in [-0.39, 0.29) is 17.2 Å². The lowest BCUT2D eigenvalue weighted by atomic mass is 9.76. The summed E-state index contributed by atoms with van der Waals surface area (Å²) in [5.41, 5.74) is 3.96. The highest BCUT2D eigenvalue weighted by molar-refractivity contribution is 6.11. The van der Waals surface area contributed by atoms with Crippen molar-refractivity contribution in [3.05, 3.63) is 59.2 Å². The molecule has 28 heavy (non-hydrogen) atoms. The van der Waals surface area contributed by atoms with Crippen molar-refractivity contribution < 1.29 is 14.3 Å². The van der Waals surface area contributed by atoms with Crippen molar-refractivity contribution in [3.8, 4) is 0 Å². The predicted molar refractivity (Wildman–Crippen MR) is 108 cm³/mol. The van der Waals surface area contributed by atoms with E-state index in [1.165, 1.54) is 5.56 Å². The Morgan fingerprint density at radius 3 is 2.61 bits per heavy atom. The molecule has 0 radical (unpaired) electrons. The van der Waals surface area contributed by atoms with Crippen LogP contribution in [-0.2, 0) is 20.4 Å². The number of benzene rings is 2. The van der Waals surface area contributed by atoms with Crippen LogP contribution >= 0.6 is 0 Å². The summed E-state index contributed by atoms with van der Waals surface area (Å²) in [6, 6.07) is 13.8. The van der Waals surface area contributed by atoms with Gasteiger partial charge in [0.1, 0.15) is 0 Å². The lowest BCUT2D eigenvalue weighted by Gasteiger charge is -2.34. The van der Waals surface area contributed by atoms with Crippen LogP contribution in [0.15, 0.2) is 42.5 Å². The van der Waals surface area contributed by atoms with E-state index in [1.807, 2.05) is 49.1 Å². The van der Waals surface area contributed by atoms with Crippen LogP contribution in [0.3, 0.4) is 0 Å². The summed E-state index contributed by atoms with van der Waals surface area (Å²) < 4.78 is 5.59. The van der Waals surface area contributed by atoms with E-state index >= 15 is 0 Å². The Bertz CT molecular complexity index is 989. The standard InChI is InChI=1S/C23H24N2O3/c1-22(2)16-8-7-15(13-18(16)24-21(22)27)20(26)25-14-23(9-11-28-12-10-23)17-5-3-4-6-19(17)25/h3-8,13H,9-12,14H2,1-2H3,(H,24,27). The van der Waals surface area contributed by atoms with Crippen LogP contribution in [0.1, 0.15) is 48.2 Å². The number of hydrogen-bond donors (Lipinski definition) is 1. The van der Waals surface area contributed by atoms with Crippen molar-refractivity contribution in [3.63, 3.8) is 0 Å². The highest BCUT2D eigenvalue weighted by Crippen LogP contribution is 2.47. The van der Waals surface area contributed by atoms with E-state index in [9.17, 15) is 9.59 Å². The molecule has 5 nitrogen and oxygen atoms in total. The SMILES string of the molecule is CC1(C)C(=O)Nc2cc(C(=O)N3CC4(CCOCC4)c4ccccc43)ccc21. The Morgan fingerprint density at radius 1 is 1.07 bits per heavy atom. The lowest BCUT2D eigenvalue weighted by Crippen LogP contribution is -2.40. The van der Waals surface area contributed by atoms with Gasteiger partial charge in [-0.15, -0.1) is 0 Å². The molecule has 1 saturated heterocycles. The van der Waals surface area contributed by atoms with Crippen molar-refractivity contribution in [2.24, 2.45) is 0 Å². The zero-order valence-electron chi connectivity index (χ0n) is 16.2. The van der Waals surface area contributed by atoms with E-state index in [2.05, 4.69) is 17.4 Å². The van der Waals surface area contributed by atoms with Crippen LogP contribution in [-0.4, -0.2) is 31.6 Å². The summed E-state index contributed by atoms with van der Waals surface area (Å²) in [5.74, 6) is -0.0441. The predicted octanol–water partition coefficient (Wildman–Crippen LogP) is 3.62. The molecule has 3 aliphatic heterocycles. The Hall–Kier alpha value is -2.66. The number of nitrogens with one attached hydrogen (secondary N) is 1. The third-order valence-corrected chi connectivity index (χ3v) is 6.68. The number of fused-ring (bicyclic) bond motifs is 3. The minimum Gasteiger partial charge on any atom is -0.381 e. The fourth-order valence-electron chi connectivity index (χ4n) is 4.88.